The Hall–Kier alpha value is -1.50. The first-order valence-corrected chi connectivity index (χ1v) is 8.35. The number of aromatic nitrogens is 1. The molecular weight excluding hydrogens is 278 g/mol. The molecule has 1 aromatic heterocycles. The first-order valence-electron chi connectivity index (χ1n) is 6.53. The predicted molar refractivity (Wildman–Crippen MR) is 81.8 cm³/mol. The average molecular weight is 301 g/mol. The van der Waals surface area contributed by atoms with Gasteiger partial charge in [-0.05, 0) is 32.9 Å². The van der Waals surface area contributed by atoms with Crippen molar-refractivity contribution in [3.8, 4) is 5.88 Å². The Bertz CT molecular complexity index is 550. The first-order chi connectivity index (χ1) is 9.13. The summed E-state index contributed by atoms with van der Waals surface area (Å²) in [6.07, 6.45) is 0. The van der Waals surface area contributed by atoms with Crippen LogP contribution >= 0.6 is 0 Å². The molecule has 1 aromatic rings. The van der Waals surface area contributed by atoms with Crippen LogP contribution in [0.15, 0.2) is 12.1 Å². The summed E-state index contributed by atoms with van der Waals surface area (Å²) in [6.45, 7) is 7.65. The number of nitrogens with two attached hydrogens (primary N) is 1. The lowest BCUT2D eigenvalue weighted by Crippen LogP contribution is -2.24. The minimum atomic E-state index is -2.98. The average Bonchev–Trinajstić information content (AvgIpc) is 2.31. The Morgan fingerprint density at radius 1 is 1.35 bits per heavy atom. The molecule has 0 unspecified atom stereocenters. The van der Waals surface area contributed by atoms with Crippen molar-refractivity contribution in [3.05, 3.63) is 12.1 Å². The topological polar surface area (TPSA) is 94.3 Å². The van der Waals surface area contributed by atoms with Gasteiger partial charge in [0.25, 0.3) is 0 Å². The van der Waals surface area contributed by atoms with E-state index in [2.05, 4.69) is 10.3 Å². The van der Waals surface area contributed by atoms with E-state index < -0.39 is 15.4 Å². The second-order valence-electron chi connectivity index (χ2n) is 5.47. The highest BCUT2D eigenvalue weighted by molar-refractivity contribution is 7.91. The van der Waals surface area contributed by atoms with E-state index in [1.54, 1.807) is 19.1 Å². The van der Waals surface area contributed by atoms with Crippen molar-refractivity contribution < 1.29 is 13.2 Å². The quantitative estimate of drug-likeness (QED) is 0.830. The third-order valence-electron chi connectivity index (χ3n) is 2.45. The van der Waals surface area contributed by atoms with E-state index in [1.165, 1.54) is 0 Å². The van der Waals surface area contributed by atoms with Crippen LogP contribution in [-0.4, -0.2) is 37.1 Å². The standard InChI is InChI=1S/C13H23N3O3S/c1-5-20(17,18)9-8-15-11-7-6-10(14)12(16-11)19-13(2,3)4/h6-7H,5,8-9,14H2,1-4H3,(H,15,16). The molecule has 6 nitrogen and oxygen atoms in total. The molecule has 0 spiro atoms. The lowest BCUT2D eigenvalue weighted by atomic mass is 10.2. The summed E-state index contributed by atoms with van der Waals surface area (Å²) in [6, 6.07) is 3.38. The van der Waals surface area contributed by atoms with Gasteiger partial charge in [-0.3, -0.25) is 0 Å². The van der Waals surface area contributed by atoms with Crippen LogP contribution in [0.4, 0.5) is 11.5 Å². The van der Waals surface area contributed by atoms with Crippen molar-refractivity contribution in [3.63, 3.8) is 0 Å². The molecule has 20 heavy (non-hydrogen) atoms. The van der Waals surface area contributed by atoms with Crippen LogP contribution in [0.25, 0.3) is 0 Å². The molecule has 0 amide bonds. The number of nitrogens with one attached hydrogen (secondary N) is 1. The zero-order chi connectivity index (χ0) is 15.4. The van der Waals surface area contributed by atoms with E-state index >= 15 is 0 Å². The zero-order valence-corrected chi connectivity index (χ0v) is 13.3. The van der Waals surface area contributed by atoms with Crippen LogP contribution in [0.5, 0.6) is 5.88 Å². The lowest BCUT2D eigenvalue weighted by Gasteiger charge is -2.21. The Kier molecular flexibility index (Phi) is 5.21. The summed E-state index contributed by atoms with van der Waals surface area (Å²) in [4.78, 5) is 4.25. The number of pyridine rings is 1. The fourth-order valence-corrected chi connectivity index (χ4v) is 2.10. The van der Waals surface area contributed by atoms with E-state index in [9.17, 15) is 8.42 Å². The molecule has 7 heteroatoms. The minimum absolute atomic E-state index is 0.0744. The number of ether oxygens (including phenoxy) is 1. The molecule has 0 saturated carbocycles. The van der Waals surface area contributed by atoms with Crippen molar-refractivity contribution in [2.75, 3.05) is 29.1 Å². The highest BCUT2D eigenvalue weighted by Crippen LogP contribution is 2.24. The number of anilines is 2. The van der Waals surface area contributed by atoms with Crippen molar-refractivity contribution in [2.45, 2.75) is 33.3 Å². The van der Waals surface area contributed by atoms with Gasteiger partial charge in [0.05, 0.1) is 11.4 Å². The molecule has 1 rings (SSSR count). The van der Waals surface area contributed by atoms with Gasteiger partial charge in [-0.2, -0.15) is 4.98 Å². The maximum absolute atomic E-state index is 11.4. The summed E-state index contributed by atoms with van der Waals surface area (Å²) in [7, 11) is -2.98. The van der Waals surface area contributed by atoms with E-state index in [4.69, 9.17) is 10.5 Å². The Balaban J connectivity index is 2.71. The van der Waals surface area contributed by atoms with Crippen molar-refractivity contribution in [1.82, 2.24) is 4.98 Å². The van der Waals surface area contributed by atoms with E-state index in [-0.39, 0.29) is 11.5 Å². The van der Waals surface area contributed by atoms with Gasteiger partial charge in [0.2, 0.25) is 5.88 Å². The Labute approximate surface area is 120 Å². The van der Waals surface area contributed by atoms with Crippen molar-refractivity contribution in [2.24, 2.45) is 0 Å². The third kappa shape index (κ3) is 5.64. The van der Waals surface area contributed by atoms with Gasteiger partial charge in [-0.1, -0.05) is 6.92 Å². The molecule has 0 aliphatic rings. The number of rotatable bonds is 6. The summed E-state index contributed by atoms with van der Waals surface area (Å²) in [5, 5.41) is 2.96. The Morgan fingerprint density at radius 3 is 2.55 bits per heavy atom. The largest absolute Gasteiger partial charge is 0.470 e. The molecular formula is C13H23N3O3S. The van der Waals surface area contributed by atoms with Crippen LogP contribution in [0, 0.1) is 0 Å². The van der Waals surface area contributed by atoms with Crippen LogP contribution in [0.3, 0.4) is 0 Å². The molecule has 0 bridgehead atoms. The van der Waals surface area contributed by atoms with E-state index in [1.807, 2.05) is 20.8 Å². The lowest BCUT2D eigenvalue weighted by molar-refractivity contribution is 0.125. The Morgan fingerprint density at radius 2 is 2.00 bits per heavy atom. The normalized spacial score (nSPS) is 12.2. The second kappa shape index (κ2) is 6.30. The van der Waals surface area contributed by atoms with Crippen molar-refractivity contribution in [1.29, 1.82) is 0 Å². The fraction of sp³-hybridized carbons (Fsp3) is 0.615. The number of nitrogens with zero attached hydrogens (tertiary/aromatic N) is 1. The SMILES string of the molecule is CCS(=O)(=O)CCNc1ccc(N)c(OC(C)(C)C)n1. The predicted octanol–water partition coefficient (Wildman–Crippen LogP) is 1.69. The number of nitrogen functional groups attached to an aromatic ring is 1. The summed E-state index contributed by atoms with van der Waals surface area (Å²) >= 11 is 0. The highest BCUT2D eigenvalue weighted by atomic mass is 32.2. The maximum atomic E-state index is 11.4. The van der Waals surface area contributed by atoms with Crippen LogP contribution in [0.2, 0.25) is 0 Å². The first kappa shape index (κ1) is 16.6. The molecule has 114 valence electrons. The minimum Gasteiger partial charge on any atom is -0.470 e. The summed E-state index contributed by atoms with van der Waals surface area (Å²) in [5.41, 5.74) is 5.86. The van der Waals surface area contributed by atoms with Crippen LogP contribution < -0.4 is 15.8 Å². The molecule has 0 saturated heterocycles. The fourth-order valence-electron chi connectivity index (χ4n) is 1.40. The van der Waals surface area contributed by atoms with Gasteiger partial charge in [0.1, 0.15) is 11.4 Å². The molecule has 0 aliphatic carbocycles. The molecule has 0 aromatic carbocycles. The number of hydrogen-bond donors (Lipinski definition) is 2. The monoisotopic (exact) mass is 301 g/mol. The third-order valence-corrected chi connectivity index (χ3v) is 4.16. The van der Waals surface area contributed by atoms with Gasteiger partial charge < -0.3 is 15.8 Å². The smallest absolute Gasteiger partial charge is 0.239 e. The summed E-state index contributed by atoms with van der Waals surface area (Å²) in [5.74, 6) is 1.11. The van der Waals surface area contributed by atoms with E-state index in [0.717, 1.165) is 0 Å². The van der Waals surface area contributed by atoms with Crippen LogP contribution in [0.1, 0.15) is 27.7 Å². The maximum Gasteiger partial charge on any atom is 0.239 e. The number of hydrogen-bond acceptors (Lipinski definition) is 6. The van der Waals surface area contributed by atoms with E-state index in [0.29, 0.717) is 23.9 Å². The molecule has 0 aliphatic heterocycles. The van der Waals surface area contributed by atoms with Gasteiger partial charge in [0.15, 0.2) is 9.84 Å². The molecule has 0 fully saturated rings. The molecule has 0 radical (unpaired) electrons. The van der Waals surface area contributed by atoms with Gasteiger partial charge in [-0.15, -0.1) is 0 Å². The zero-order valence-electron chi connectivity index (χ0n) is 12.4. The number of sulfone groups is 1. The molecule has 0 atom stereocenters. The highest BCUT2D eigenvalue weighted by Gasteiger charge is 2.15. The molecule has 3 N–H and O–H groups in total. The van der Waals surface area contributed by atoms with Gasteiger partial charge >= 0.3 is 0 Å². The van der Waals surface area contributed by atoms with Gasteiger partial charge in [0, 0.05) is 12.3 Å². The second-order valence-corrected chi connectivity index (χ2v) is 7.94. The van der Waals surface area contributed by atoms with Gasteiger partial charge in [-0.25, -0.2) is 8.42 Å². The molecule has 1 heterocycles. The summed E-state index contributed by atoms with van der Waals surface area (Å²) < 4.78 is 28.4. The van der Waals surface area contributed by atoms with Crippen LogP contribution in [-0.2, 0) is 9.84 Å². The van der Waals surface area contributed by atoms with Crippen molar-refractivity contribution >= 4 is 21.3 Å².